The molecule has 1 aromatic carbocycles. The molecule has 6 heteroatoms. The van der Waals surface area contributed by atoms with Gasteiger partial charge in [0.15, 0.2) is 5.82 Å². The molecule has 1 N–H and O–H groups in total. The summed E-state index contributed by atoms with van der Waals surface area (Å²) in [7, 11) is 0. The van der Waals surface area contributed by atoms with Gasteiger partial charge < -0.3 is 10.1 Å². The predicted octanol–water partition coefficient (Wildman–Crippen LogP) is 2.55. The van der Waals surface area contributed by atoms with E-state index in [1.807, 2.05) is 6.07 Å². The molecule has 0 atom stereocenters. The fraction of sp³-hybridized carbons (Fsp3) is 0.529. The number of halogens is 1. The van der Waals surface area contributed by atoms with Gasteiger partial charge in [0, 0.05) is 25.2 Å². The largest absolute Gasteiger partial charge is 0.381 e. The summed E-state index contributed by atoms with van der Waals surface area (Å²) < 4.78 is 20.8. The summed E-state index contributed by atoms with van der Waals surface area (Å²) in [6.07, 6.45) is 4.34. The van der Waals surface area contributed by atoms with E-state index >= 15 is 0 Å². The summed E-state index contributed by atoms with van der Waals surface area (Å²) in [5, 5.41) is 8.16. The fourth-order valence-corrected chi connectivity index (χ4v) is 2.94. The Morgan fingerprint density at radius 3 is 2.78 bits per heavy atom. The second-order valence-electron chi connectivity index (χ2n) is 6.32. The van der Waals surface area contributed by atoms with Crippen LogP contribution in [-0.2, 0) is 11.3 Å². The monoisotopic (exact) mass is 316 g/mol. The lowest BCUT2D eigenvalue weighted by Gasteiger charge is -2.18. The van der Waals surface area contributed by atoms with E-state index in [-0.39, 0.29) is 5.82 Å². The predicted molar refractivity (Wildman–Crippen MR) is 84.0 cm³/mol. The van der Waals surface area contributed by atoms with Crippen LogP contribution in [0.25, 0.3) is 5.69 Å². The second-order valence-corrected chi connectivity index (χ2v) is 6.32. The highest BCUT2D eigenvalue weighted by Crippen LogP contribution is 2.26. The Bertz CT molecular complexity index is 677. The summed E-state index contributed by atoms with van der Waals surface area (Å²) in [5.41, 5.74) is 0.725. The molecular formula is C17H21FN4O. The van der Waals surface area contributed by atoms with E-state index in [0.717, 1.165) is 43.4 Å². The number of nitrogens with one attached hydrogen (secondary N) is 1. The lowest BCUT2D eigenvalue weighted by Crippen LogP contribution is -2.19. The molecule has 0 bridgehead atoms. The molecule has 2 aromatic rings. The number of ether oxygens (including phenoxy) is 1. The van der Waals surface area contributed by atoms with Crippen LogP contribution in [0.2, 0.25) is 0 Å². The minimum absolute atomic E-state index is 0.258. The van der Waals surface area contributed by atoms with Crippen molar-refractivity contribution in [1.29, 1.82) is 0 Å². The van der Waals surface area contributed by atoms with Crippen LogP contribution in [0.4, 0.5) is 4.39 Å². The van der Waals surface area contributed by atoms with Crippen molar-refractivity contribution in [2.45, 2.75) is 44.2 Å². The van der Waals surface area contributed by atoms with E-state index in [0.29, 0.717) is 18.5 Å². The number of benzene rings is 1. The molecule has 2 aliphatic rings. The second kappa shape index (κ2) is 6.37. The number of hydrogen-bond acceptors (Lipinski definition) is 4. The summed E-state index contributed by atoms with van der Waals surface area (Å²) in [5.74, 6) is 1.78. The maximum absolute atomic E-state index is 13.6. The lowest BCUT2D eigenvalue weighted by molar-refractivity contribution is 0.0836. The van der Waals surface area contributed by atoms with Gasteiger partial charge in [-0.2, -0.15) is 5.10 Å². The number of aromatic nitrogens is 3. The average Bonchev–Trinajstić information content (AvgIpc) is 3.31. The third-order valence-electron chi connectivity index (χ3n) is 4.46. The van der Waals surface area contributed by atoms with Crippen LogP contribution in [0.5, 0.6) is 0 Å². The van der Waals surface area contributed by atoms with Gasteiger partial charge in [0.2, 0.25) is 0 Å². The summed E-state index contributed by atoms with van der Waals surface area (Å²) in [6.45, 7) is 2.18. The van der Waals surface area contributed by atoms with Gasteiger partial charge in [-0.15, -0.1) is 0 Å². The van der Waals surface area contributed by atoms with E-state index in [4.69, 9.17) is 9.72 Å². The molecule has 0 unspecified atom stereocenters. The SMILES string of the molecule is Fc1cccc(-n2nc(C3CCOCC3)nc2CNC2CC2)c1. The van der Waals surface area contributed by atoms with Crippen LogP contribution in [0.15, 0.2) is 24.3 Å². The van der Waals surface area contributed by atoms with Crippen LogP contribution in [0.3, 0.4) is 0 Å². The molecule has 23 heavy (non-hydrogen) atoms. The molecule has 2 fully saturated rings. The molecule has 0 amide bonds. The molecule has 1 aliphatic carbocycles. The van der Waals surface area contributed by atoms with E-state index in [1.54, 1.807) is 10.7 Å². The smallest absolute Gasteiger partial charge is 0.154 e. The van der Waals surface area contributed by atoms with Gasteiger partial charge in [-0.05, 0) is 43.9 Å². The summed E-state index contributed by atoms with van der Waals surface area (Å²) in [4.78, 5) is 4.75. The highest BCUT2D eigenvalue weighted by Gasteiger charge is 2.25. The molecule has 0 spiro atoms. The molecule has 5 nitrogen and oxygen atoms in total. The zero-order valence-electron chi connectivity index (χ0n) is 13.0. The topological polar surface area (TPSA) is 52.0 Å². The zero-order valence-corrected chi connectivity index (χ0v) is 13.0. The van der Waals surface area contributed by atoms with Crippen LogP contribution < -0.4 is 5.32 Å². The molecule has 0 radical (unpaired) electrons. The van der Waals surface area contributed by atoms with Crippen molar-refractivity contribution in [2.24, 2.45) is 0 Å². The first-order valence-electron chi connectivity index (χ1n) is 8.32. The van der Waals surface area contributed by atoms with Crippen molar-refractivity contribution >= 4 is 0 Å². The first-order chi connectivity index (χ1) is 11.3. The zero-order chi connectivity index (χ0) is 15.6. The summed E-state index contributed by atoms with van der Waals surface area (Å²) >= 11 is 0. The molecule has 122 valence electrons. The van der Waals surface area contributed by atoms with Crippen LogP contribution >= 0.6 is 0 Å². The molecule has 1 aliphatic heterocycles. The molecule has 1 saturated heterocycles. The maximum atomic E-state index is 13.6. The standard InChI is InChI=1S/C17H21FN4O/c18-13-2-1-3-15(10-13)22-16(11-19-14-4-5-14)20-17(21-22)12-6-8-23-9-7-12/h1-3,10,12,14,19H,4-9,11H2. The van der Waals surface area contributed by atoms with E-state index in [2.05, 4.69) is 10.4 Å². The van der Waals surface area contributed by atoms with Gasteiger partial charge in [-0.25, -0.2) is 14.1 Å². The van der Waals surface area contributed by atoms with Crippen molar-refractivity contribution in [3.8, 4) is 5.69 Å². The van der Waals surface area contributed by atoms with Gasteiger partial charge >= 0.3 is 0 Å². The van der Waals surface area contributed by atoms with E-state index < -0.39 is 0 Å². The Balaban J connectivity index is 1.64. The molecule has 1 aromatic heterocycles. The van der Waals surface area contributed by atoms with Gasteiger partial charge in [-0.1, -0.05) is 6.07 Å². The first-order valence-corrected chi connectivity index (χ1v) is 8.32. The van der Waals surface area contributed by atoms with Crippen LogP contribution in [-0.4, -0.2) is 34.0 Å². The molecular weight excluding hydrogens is 295 g/mol. The third kappa shape index (κ3) is 3.43. The van der Waals surface area contributed by atoms with Gasteiger partial charge in [0.05, 0.1) is 12.2 Å². The highest BCUT2D eigenvalue weighted by atomic mass is 19.1. The van der Waals surface area contributed by atoms with Crippen molar-refractivity contribution < 1.29 is 9.13 Å². The number of hydrogen-bond donors (Lipinski definition) is 1. The van der Waals surface area contributed by atoms with E-state index in [1.165, 1.54) is 25.0 Å². The van der Waals surface area contributed by atoms with Gasteiger partial charge in [0.1, 0.15) is 11.6 Å². The Labute approximate surface area is 134 Å². The molecule has 2 heterocycles. The fourth-order valence-electron chi connectivity index (χ4n) is 2.94. The molecule has 4 rings (SSSR count). The summed E-state index contributed by atoms with van der Waals surface area (Å²) in [6, 6.07) is 7.12. The third-order valence-corrected chi connectivity index (χ3v) is 4.46. The van der Waals surface area contributed by atoms with Crippen molar-refractivity contribution in [2.75, 3.05) is 13.2 Å². The van der Waals surface area contributed by atoms with E-state index in [9.17, 15) is 4.39 Å². The Kier molecular flexibility index (Phi) is 4.10. The number of nitrogens with zero attached hydrogens (tertiary/aromatic N) is 3. The minimum atomic E-state index is -0.258. The maximum Gasteiger partial charge on any atom is 0.154 e. The number of rotatable bonds is 5. The highest BCUT2D eigenvalue weighted by molar-refractivity contribution is 5.32. The quantitative estimate of drug-likeness (QED) is 0.921. The lowest BCUT2D eigenvalue weighted by atomic mass is 10.00. The van der Waals surface area contributed by atoms with Gasteiger partial charge in [-0.3, -0.25) is 0 Å². The average molecular weight is 316 g/mol. The Hall–Kier alpha value is -1.79. The first kappa shape index (κ1) is 14.8. The van der Waals surface area contributed by atoms with Crippen molar-refractivity contribution in [1.82, 2.24) is 20.1 Å². The Morgan fingerprint density at radius 1 is 1.22 bits per heavy atom. The molecule has 1 saturated carbocycles. The Morgan fingerprint density at radius 2 is 2.04 bits per heavy atom. The van der Waals surface area contributed by atoms with Crippen LogP contribution in [0.1, 0.15) is 43.3 Å². The minimum Gasteiger partial charge on any atom is -0.381 e. The van der Waals surface area contributed by atoms with Crippen LogP contribution in [0, 0.1) is 5.82 Å². The van der Waals surface area contributed by atoms with Crippen molar-refractivity contribution in [3.05, 3.63) is 41.7 Å². The van der Waals surface area contributed by atoms with Gasteiger partial charge in [0.25, 0.3) is 0 Å². The normalized spacial score (nSPS) is 19.2. The van der Waals surface area contributed by atoms with Crippen molar-refractivity contribution in [3.63, 3.8) is 0 Å².